The zero-order valence-electron chi connectivity index (χ0n) is 15.9. The fourth-order valence-corrected chi connectivity index (χ4v) is 3.53. The third-order valence-corrected chi connectivity index (χ3v) is 5.32. The first-order valence-corrected chi connectivity index (χ1v) is 9.73. The molecule has 0 atom stereocenters. The summed E-state index contributed by atoms with van der Waals surface area (Å²) < 4.78 is 14.6. The van der Waals surface area contributed by atoms with Crippen molar-refractivity contribution in [3.63, 3.8) is 0 Å². The number of pyridine rings is 1. The molecule has 0 unspecified atom stereocenters. The highest BCUT2D eigenvalue weighted by Gasteiger charge is 2.14. The number of ketones is 1. The maximum atomic E-state index is 14.6. The Hall–Kier alpha value is -2.93. The Kier molecular flexibility index (Phi) is 5.94. The van der Waals surface area contributed by atoms with E-state index in [-0.39, 0.29) is 18.1 Å². The van der Waals surface area contributed by atoms with Crippen molar-refractivity contribution >= 4 is 28.7 Å². The molecule has 3 aromatic rings. The van der Waals surface area contributed by atoms with Gasteiger partial charge in [-0.05, 0) is 31.2 Å². The summed E-state index contributed by atoms with van der Waals surface area (Å²) in [7, 11) is 1.62. The standard InChI is InChI=1S/C21H20FN3O2S/c1-4-21(27)25(3)15-6-7-16(17(22)9-15)14-5-8-18(23-11-14)19(26)10-20-24-13(2)12-28-20/h5-9,11-12H,4,10H2,1-3H3. The van der Waals surface area contributed by atoms with Crippen LogP contribution in [-0.2, 0) is 11.2 Å². The summed E-state index contributed by atoms with van der Waals surface area (Å²) in [6, 6.07) is 7.90. The van der Waals surface area contributed by atoms with Crippen LogP contribution in [0.25, 0.3) is 11.1 Å². The van der Waals surface area contributed by atoms with Gasteiger partial charge in [-0.3, -0.25) is 14.6 Å². The highest BCUT2D eigenvalue weighted by atomic mass is 32.1. The zero-order valence-corrected chi connectivity index (χ0v) is 16.7. The van der Waals surface area contributed by atoms with Crippen molar-refractivity contribution in [1.29, 1.82) is 0 Å². The first-order chi connectivity index (χ1) is 13.4. The topological polar surface area (TPSA) is 63.2 Å². The summed E-state index contributed by atoms with van der Waals surface area (Å²) in [4.78, 5) is 34.0. The minimum atomic E-state index is -0.451. The van der Waals surface area contributed by atoms with Crippen LogP contribution in [0.4, 0.5) is 10.1 Å². The molecule has 5 nitrogen and oxygen atoms in total. The van der Waals surface area contributed by atoms with Gasteiger partial charge in [-0.1, -0.05) is 13.0 Å². The van der Waals surface area contributed by atoms with Gasteiger partial charge < -0.3 is 4.90 Å². The first-order valence-electron chi connectivity index (χ1n) is 8.85. The summed E-state index contributed by atoms with van der Waals surface area (Å²) in [5, 5.41) is 2.65. The van der Waals surface area contributed by atoms with Gasteiger partial charge in [0.1, 0.15) is 16.5 Å². The number of benzene rings is 1. The Morgan fingerprint density at radius 3 is 2.57 bits per heavy atom. The molecule has 144 valence electrons. The lowest BCUT2D eigenvalue weighted by molar-refractivity contribution is -0.118. The van der Waals surface area contributed by atoms with Crippen LogP contribution in [0.3, 0.4) is 0 Å². The van der Waals surface area contributed by atoms with E-state index in [1.165, 1.54) is 28.5 Å². The van der Waals surface area contributed by atoms with E-state index < -0.39 is 5.82 Å². The van der Waals surface area contributed by atoms with Gasteiger partial charge in [0.2, 0.25) is 5.91 Å². The minimum absolute atomic E-state index is 0.0906. The number of Topliss-reactive ketones (excluding diaryl/α,β-unsaturated/α-hetero) is 1. The van der Waals surface area contributed by atoms with Crippen LogP contribution in [0.2, 0.25) is 0 Å². The van der Waals surface area contributed by atoms with Crippen LogP contribution in [0.1, 0.15) is 34.5 Å². The summed E-state index contributed by atoms with van der Waals surface area (Å²) in [5.41, 5.74) is 2.63. The van der Waals surface area contributed by atoms with Crippen LogP contribution in [0.15, 0.2) is 41.9 Å². The lowest BCUT2D eigenvalue weighted by atomic mass is 10.0. The number of hydrogen-bond donors (Lipinski definition) is 0. The van der Waals surface area contributed by atoms with Gasteiger partial charge in [0, 0.05) is 47.6 Å². The van der Waals surface area contributed by atoms with Gasteiger partial charge in [-0.15, -0.1) is 11.3 Å². The van der Waals surface area contributed by atoms with Crippen LogP contribution >= 0.6 is 11.3 Å². The Labute approximate surface area is 166 Å². The molecular weight excluding hydrogens is 377 g/mol. The number of rotatable bonds is 6. The molecule has 0 aliphatic carbocycles. The normalized spacial score (nSPS) is 10.7. The van der Waals surface area contributed by atoms with Gasteiger partial charge in [-0.2, -0.15) is 0 Å². The Morgan fingerprint density at radius 2 is 2.00 bits per heavy atom. The second-order valence-electron chi connectivity index (χ2n) is 6.39. The number of thiazole rings is 1. The number of anilines is 1. The molecule has 28 heavy (non-hydrogen) atoms. The van der Waals surface area contributed by atoms with E-state index in [9.17, 15) is 14.0 Å². The van der Waals surface area contributed by atoms with Crippen LogP contribution < -0.4 is 4.90 Å². The fraction of sp³-hybridized carbons (Fsp3) is 0.238. The van der Waals surface area contributed by atoms with E-state index in [4.69, 9.17) is 0 Å². The van der Waals surface area contributed by atoms with E-state index in [0.717, 1.165) is 10.7 Å². The lowest BCUT2D eigenvalue weighted by Crippen LogP contribution is -2.25. The zero-order chi connectivity index (χ0) is 20.3. The fourth-order valence-electron chi connectivity index (χ4n) is 2.76. The average Bonchev–Trinajstić information content (AvgIpc) is 3.11. The molecule has 0 fully saturated rings. The molecule has 1 aromatic carbocycles. The van der Waals surface area contributed by atoms with E-state index in [1.807, 2.05) is 12.3 Å². The number of amides is 1. The summed E-state index contributed by atoms with van der Waals surface area (Å²) in [6.45, 7) is 3.64. The van der Waals surface area contributed by atoms with Gasteiger partial charge in [0.05, 0.1) is 6.42 Å². The van der Waals surface area contributed by atoms with Crippen LogP contribution in [-0.4, -0.2) is 28.7 Å². The predicted molar refractivity (Wildman–Crippen MR) is 108 cm³/mol. The number of aryl methyl sites for hydroxylation is 1. The van der Waals surface area contributed by atoms with Crippen molar-refractivity contribution in [1.82, 2.24) is 9.97 Å². The monoisotopic (exact) mass is 397 g/mol. The second-order valence-corrected chi connectivity index (χ2v) is 7.33. The highest BCUT2D eigenvalue weighted by molar-refractivity contribution is 7.09. The minimum Gasteiger partial charge on any atom is -0.315 e. The lowest BCUT2D eigenvalue weighted by Gasteiger charge is -2.17. The van der Waals surface area contributed by atoms with Crippen molar-refractivity contribution in [2.45, 2.75) is 26.7 Å². The molecule has 2 heterocycles. The molecule has 0 bridgehead atoms. The largest absolute Gasteiger partial charge is 0.315 e. The average molecular weight is 397 g/mol. The summed E-state index contributed by atoms with van der Waals surface area (Å²) >= 11 is 1.44. The van der Waals surface area contributed by atoms with Crippen molar-refractivity contribution in [3.05, 3.63) is 64.1 Å². The SMILES string of the molecule is CCC(=O)N(C)c1ccc(-c2ccc(C(=O)Cc3nc(C)cs3)nc2)c(F)c1. The summed E-state index contributed by atoms with van der Waals surface area (Å²) in [6.07, 6.45) is 2.03. The third-order valence-electron chi connectivity index (χ3n) is 4.36. The van der Waals surface area contributed by atoms with Crippen molar-refractivity contribution in [2.75, 3.05) is 11.9 Å². The van der Waals surface area contributed by atoms with Gasteiger partial charge >= 0.3 is 0 Å². The number of carbonyl (C=O) groups excluding carboxylic acids is 2. The number of hydrogen-bond acceptors (Lipinski definition) is 5. The molecule has 1 amide bonds. The molecule has 0 aliphatic heterocycles. The molecule has 0 saturated carbocycles. The third kappa shape index (κ3) is 4.31. The number of nitrogens with zero attached hydrogens (tertiary/aromatic N) is 3. The van der Waals surface area contributed by atoms with Crippen molar-refractivity contribution in [2.24, 2.45) is 0 Å². The van der Waals surface area contributed by atoms with Crippen molar-refractivity contribution < 1.29 is 14.0 Å². The number of halogens is 1. The van der Waals surface area contributed by atoms with E-state index >= 15 is 0 Å². The molecule has 0 aliphatic rings. The molecule has 0 spiro atoms. The molecule has 0 N–H and O–H groups in total. The highest BCUT2D eigenvalue weighted by Crippen LogP contribution is 2.26. The van der Waals surface area contributed by atoms with Gasteiger partial charge in [0.25, 0.3) is 0 Å². The first kappa shape index (κ1) is 19.8. The Morgan fingerprint density at radius 1 is 1.21 bits per heavy atom. The molecule has 3 rings (SSSR count). The van der Waals surface area contributed by atoms with E-state index in [0.29, 0.717) is 28.9 Å². The van der Waals surface area contributed by atoms with Crippen LogP contribution in [0.5, 0.6) is 0 Å². The molecule has 0 saturated heterocycles. The van der Waals surface area contributed by atoms with Gasteiger partial charge in [-0.25, -0.2) is 9.37 Å². The van der Waals surface area contributed by atoms with E-state index in [2.05, 4.69) is 9.97 Å². The number of aromatic nitrogens is 2. The molecule has 0 radical (unpaired) electrons. The second kappa shape index (κ2) is 8.39. The Bertz CT molecular complexity index is 1010. The quantitative estimate of drug-likeness (QED) is 0.577. The van der Waals surface area contributed by atoms with Crippen LogP contribution in [0, 0.1) is 12.7 Å². The number of carbonyl (C=O) groups is 2. The summed E-state index contributed by atoms with van der Waals surface area (Å²) in [5.74, 6) is -0.670. The maximum Gasteiger partial charge on any atom is 0.226 e. The van der Waals surface area contributed by atoms with Gasteiger partial charge in [0.15, 0.2) is 5.78 Å². The smallest absolute Gasteiger partial charge is 0.226 e. The molecule has 2 aromatic heterocycles. The maximum absolute atomic E-state index is 14.6. The molecule has 7 heteroatoms. The predicted octanol–water partition coefficient (Wildman–Crippen LogP) is 4.45. The Balaban J connectivity index is 1.77. The molecular formula is C21H20FN3O2S. The van der Waals surface area contributed by atoms with E-state index in [1.54, 1.807) is 38.2 Å². The van der Waals surface area contributed by atoms with Crippen molar-refractivity contribution in [3.8, 4) is 11.1 Å².